The fraction of sp³-hybridized carbons (Fsp3) is 0.625. The molecule has 1 aromatic rings. The normalized spacial score (nSPS) is 16.9. The molecule has 1 heterocycles. The molecule has 6 nitrogen and oxygen atoms in total. The first-order valence-corrected chi connectivity index (χ1v) is 9.68. The van der Waals surface area contributed by atoms with Crippen molar-refractivity contribution in [2.24, 2.45) is 0 Å². The quantitative estimate of drug-likeness (QED) is 0.278. The summed E-state index contributed by atoms with van der Waals surface area (Å²) in [6.07, 6.45) is 0.373. The number of nitrogens with zero attached hydrogens (tertiary/aromatic N) is 1. The van der Waals surface area contributed by atoms with Crippen LogP contribution in [0.5, 0.6) is 5.75 Å². The van der Waals surface area contributed by atoms with Crippen LogP contribution >= 0.6 is 0 Å². The van der Waals surface area contributed by atoms with Crippen molar-refractivity contribution in [1.29, 1.82) is 0 Å². The lowest BCUT2D eigenvalue weighted by molar-refractivity contribution is -0.935. The minimum Gasteiger partial charge on any atom is -1.00 e. The van der Waals surface area contributed by atoms with Gasteiger partial charge in [0.2, 0.25) is 0 Å². The molecule has 0 amide bonds. The highest BCUT2D eigenvalue weighted by molar-refractivity contribution is 7.85. The lowest BCUT2D eigenvalue weighted by atomic mass is 10.2. The molecule has 2 rings (SSSR count). The van der Waals surface area contributed by atoms with Crippen LogP contribution in [0.4, 0.5) is 4.39 Å². The predicted octanol–water partition coefficient (Wildman–Crippen LogP) is -1.36. The molecule has 1 N–H and O–H groups in total. The summed E-state index contributed by atoms with van der Waals surface area (Å²) in [5.41, 5.74) is 0.835. The average Bonchev–Trinajstić information content (AvgIpc) is 2.49. The van der Waals surface area contributed by atoms with E-state index < -0.39 is 10.1 Å². The molecular formula is C16H25FINO5S. The van der Waals surface area contributed by atoms with E-state index in [1.165, 1.54) is 6.07 Å². The molecule has 0 atom stereocenters. The second-order valence-electron chi connectivity index (χ2n) is 6.27. The molecule has 144 valence electrons. The lowest BCUT2D eigenvalue weighted by Gasteiger charge is -2.41. The fourth-order valence-corrected chi connectivity index (χ4v) is 3.44. The van der Waals surface area contributed by atoms with Gasteiger partial charge >= 0.3 is 0 Å². The minimum absolute atomic E-state index is 0. The largest absolute Gasteiger partial charge is 1.00 e. The van der Waals surface area contributed by atoms with Crippen LogP contribution in [0.25, 0.3) is 0 Å². The topological polar surface area (TPSA) is 72.8 Å². The second-order valence-corrected chi connectivity index (χ2v) is 7.84. The molecule has 25 heavy (non-hydrogen) atoms. The van der Waals surface area contributed by atoms with Gasteiger partial charge in [0.1, 0.15) is 26.2 Å². The van der Waals surface area contributed by atoms with Crippen molar-refractivity contribution in [3.8, 4) is 5.75 Å². The Labute approximate surface area is 165 Å². The molecule has 0 radical (unpaired) electrons. The third-order valence-electron chi connectivity index (χ3n) is 4.37. The van der Waals surface area contributed by atoms with E-state index in [4.69, 9.17) is 14.0 Å². The molecule has 1 aliphatic rings. The summed E-state index contributed by atoms with van der Waals surface area (Å²) >= 11 is 0. The highest BCUT2D eigenvalue weighted by atomic mass is 127. The van der Waals surface area contributed by atoms with Gasteiger partial charge in [-0.15, -0.1) is 0 Å². The number of aryl methyl sites for hydroxylation is 1. The van der Waals surface area contributed by atoms with Crippen LogP contribution < -0.4 is 28.7 Å². The van der Waals surface area contributed by atoms with Gasteiger partial charge in [0.25, 0.3) is 10.1 Å². The zero-order chi connectivity index (χ0) is 17.6. The summed E-state index contributed by atoms with van der Waals surface area (Å²) < 4.78 is 56.1. The first-order valence-electron chi connectivity index (χ1n) is 8.07. The summed E-state index contributed by atoms with van der Waals surface area (Å²) in [5.74, 6) is -0.402. The van der Waals surface area contributed by atoms with Crippen LogP contribution in [0, 0.1) is 12.7 Å². The second kappa shape index (κ2) is 10.0. The van der Waals surface area contributed by atoms with Crippen LogP contribution in [-0.2, 0) is 14.9 Å². The smallest absolute Gasteiger partial charge is 0.265 e. The predicted molar refractivity (Wildman–Crippen MR) is 88.2 cm³/mol. The van der Waals surface area contributed by atoms with E-state index in [1.807, 2.05) is 6.92 Å². The molecule has 0 aliphatic carbocycles. The Morgan fingerprint density at radius 1 is 1.28 bits per heavy atom. The molecule has 0 unspecified atom stereocenters. The van der Waals surface area contributed by atoms with Crippen molar-refractivity contribution in [1.82, 2.24) is 0 Å². The Bertz CT molecular complexity index is 650. The van der Waals surface area contributed by atoms with E-state index in [0.29, 0.717) is 43.8 Å². The molecule has 9 heteroatoms. The number of morpholine rings is 1. The maximum Gasteiger partial charge on any atom is 0.265 e. The maximum absolute atomic E-state index is 13.8. The Morgan fingerprint density at radius 2 is 1.96 bits per heavy atom. The Morgan fingerprint density at radius 3 is 2.56 bits per heavy atom. The summed E-state index contributed by atoms with van der Waals surface area (Å²) in [4.78, 5) is 0. The third-order valence-corrected chi connectivity index (χ3v) is 5.17. The van der Waals surface area contributed by atoms with E-state index in [9.17, 15) is 12.8 Å². The molecule has 1 aliphatic heterocycles. The van der Waals surface area contributed by atoms with Gasteiger partial charge in [-0.3, -0.25) is 4.55 Å². The lowest BCUT2D eigenvalue weighted by Crippen LogP contribution is -3.00. The number of ether oxygens (including phenoxy) is 2. The summed E-state index contributed by atoms with van der Waals surface area (Å²) in [6.45, 7) is 6.12. The van der Waals surface area contributed by atoms with Gasteiger partial charge in [0.05, 0.1) is 25.5 Å². The molecule has 0 saturated carbocycles. The van der Waals surface area contributed by atoms with Gasteiger partial charge in [-0.25, -0.2) is 4.39 Å². The van der Waals surface area contributed by atoms with Gasteiger partial charge in [0, 0.05) is 6.42 Å². The van der Waals surface area contributed by atoms with Gasteiger partial charge in [-0.2, -0.15) is 8.42 Å². The van der Waals surface area contributed by atoms with Crippen LogP contribution in [0.2, 0.25) is 0 Å². The minimum atomic E-state index is -3.95. The molecule has 0 aromatic heterocycles. The number of hydrogen-bond donors (Lipinski definition) is 1. The highest BCUT2D eigenvalue weighted by Crippen LogP contribution is 2.19. The molecule has 0 bridgehead atoms. The Hall–Kier alpha value is -0.490. The third kappa shape index (κ3) is 7.73. The molecule has 1 fully saturated rings. The SMILES string of the molecule is Cc1ccc(OCC[N+]2(CCCS(=O)(=O)O)CCOCC2)c(F)c1.[I-]. The summed E-state index contributed by atoms with van der Waals surface area (Å²) in [5, 5.41) is 0. The maximum atomic E-state index is 13.8. The zero-order valence-electron chi connectivity index (χ0n) is 14.3. The van der Waals surface area contributed by atoms with E-state index >= 15 is 0 Å². The molecular weight excluding hydrogens is 464 g/mol. The van der Waals surface area contributed by atoms with Crippen LogP contribution in [-0.4, -0.2) is 69.2 Å². The standard InChI is InChI=1S/C16H24FNO5S.HI/c1-14-3-4-16(15(17)13-14)23-11-8-18(6-9-22-10-7-18)5-2-12-24(19,20)21;/h3-4,13H,2,5-12H2,1H3;1H. The summed E-state index contributed by atoms with van der Waals surface area (Å²) in [7, 11) is -3.95. The molecule has 0 spiro atoms. The molecule has 1 saturated heterocycles. The zero-order valence-corrected chi connectivity index (χ0v) is 17.3. The van der Waals surface area contributed by atoms with Gasteiger partial charge in [0.15, 0.2) is 11.6 Å². The Balaban J connectivity index is 0.00000312. The van der Waals surface area contributed by atoms with Crippen molar-refractivity contribution >= 4 is 10.1 Å². The first-order chi connectivity index (χ1) is 11.3. The first kappa shape index (κ1) is 22.6. The number of hydrogen-bond acceptors (Lipinski definition) is 4. The van der Waals surface area contributed by atoms with E-state index in [2.05, 4.69) is 0 Å². The number of halogens is 2. The van der Waals surface area contributed by atoms with Crippen molar-refractivity contribution in [3.63, 3.8) is 0 Å². The van der Waals surface area contributed by atoms with E-state index in [0.717, 1.165) is 18.7 Å². The van der Waals surface area contributed by atoms with Crippen LogP contribution in [0.1, 0.15) is 12.0 Å². The average molecular weight is 489 g/mol. The molecule has 1 aromatic carbocycles. The highest BCUT2D eigenvalue weighted by Gasteiger charge is 2.30. The van der Waals surface area contributed by atoms with Crippen LogP contribution in [0.15, 0.2) is 18.2 Å². The van der Waals surface area contributed by atoms with Gasteiger partial charge in [-0.1, -0.05) is 6.07 Å². The van der Waals surface area contributed by atoms with Crippen LogP contribution in [0.3, 0.4) is 0 Å². The van der Waals surface area contributed by atoms with Crippen molar-refractivity contribution in [2.75, 3.05) is 51.8 Å². The fourth-order valence-electron chi connectivity index (χ4n) is 2.94. The van der Waals surface area contributed by atoms with Crippen molar-refractivity contribution < 1.29 is 55.3 Å². The van der Waals surface area contributed by atoms with Crippen molar-refractivity contribution in [2.45, 2.75) is 13.3 Å². The number of rotatable bonds is 8. The number of benzene rings is 1. The number of quaternary nitrogens is 1. The van der Waals surface area contributed by atoms with Crippen molar-refractivity contribution in [3.05, 3.63) is 29.6 Å². The van der Waals surface area contributed by atoms with Gasteiger partial charge < -0.3 is 37.9 Å². The summed E-state index contributed by atoms with van der Waals surface area (Å²) in [6, 6.07) is 4.84. The van der Waals surface area contributed by atoms with E-state index in [-0.39, 0.29) is 41.3 Å². The van der Waals surface area contributed by atoms with Gasteiger partial charge in [-0.05, 0) is 24.6 Å². The monoisotopic (exact) mass is 489 g/mol. The Kier molecular flexibility index (Phi) is 9.02. The van der Waals surface area contributed by atoms with E-state index in [1.54, 1.807) is 12.1 Å².